The molecule has 0 aliphatic carbocycles. The van der Waals surface area contributed by atoms with Gasteiger partial charge in [-0.1, -0.05) is 6.07 Å². The van der Waals surface area contributed by atoms with Crippen molar-refractivity contribution < 1.29 is 14.3 Å². The highest BCUT2D eigenvalue weighted by molar-refractivity contribution is 5.94. The first kappa shape index (κ1) is 17.8. The molecule has 2 saturated heterocycles. The molecule has 2 fully saturated rings. The number of hydrogen-bond donors (Lipinski definition) is 0. The molecule has 6 nitrogen and oxygen atoms in total. The Labute approximate surface area is 159 Å². The fourth-order valence-corrected chi connectivity index (χ4v) is 3.59. The van der Waals surface area contributed by atoms with Crippen LogP contribution in [0.4, 0.5) is 5.69 Å². The van der Waals surface area contributed by atoms with Crippen molar-refractivity contribution in [3.63, 3.8) is 0 Å². The maximum absolute atomic E-state index is 12.9. The Morgan fingerprint density at radius 3 is 2.70 bits per heavy atom. The monoisotopic (exact) mass is 367 g/mol. The molecule has 27 heavy (non-hydrogen) atoms. The summed E-state index contributed by atoms with van der Waals surface area (Å²) >= 11 is 0. The molecule has 2 aromatic rings. The van der Waals surface area contributed by atoms with Crippen molar-refractivity contribution in [2.75, 3.05) is 44.3 Å². The molecule has 1 aromatic carbocycles. The molecule has 0 saturated carbocycles. The molecule has 1 unspecified atom stereocenters. The maximum Gasteiger partial charge on any atom is 0.254 e. The number of piperazine rings is 1. The standard InChI is InChI=1S/C21H25N3O3/c25-21(24-12-10-23(11-13-24)18-6-8-22-9-7-18)17-3-1-4-19(15-17)27-16-20-5-2-14-26-20/h1,3-4,6-9,15,20H,2,5,10-14,16H2. The van der Waals surface area contributed by atoms with Crippen LogP contribution in [0.2, 0.25) is 0 Å². The van der Waals surface area contributed by atoms with E-state index in [1.165, 1.54) is 0 Å². The first-order valence-electron chi connectivity index (χ1n) is 9.58. The van der Waals surface area contributed by atoms with Gasteiger partial charge in [0, 0.05) is 56.4 Å². The minimum Gasteiger partial charge on any atom is -0.491 e. The van der Waals surface area contributed by atoms with E-state index in [1.807, 2.05) is 41.3 Å². The second-order valence-corrected chi connectivity index (χ2v) is 6.96. The van der Waals surface area contributed by atoms with Gasteiger partial charge < -0.3 is 19.3 Å². The van der Waals surface area contributed by atoms with Gasteiger partial charge in [-0.2, -0.15) is 0 Å². The predicted octanol–water partition coefficient (Wildman–Crippen LogP) is 2.60. The number of rotatable bonds is 5. The van der Waals surface area contributed by atoms with Gasteiger partial charge in [-0.25, -0.2) is 0 Å². The summed E-state index contributed by atoms with van der Waals surface area (Å²) in [7, 11) is 0. The van der Waals surface area contributed by atoms with Gasteiger partial charge in [-0.3, -0.25) is 9.78 Å². The number of benzene rings is 1. The zero-order chi connectivity index (χ0) is 18.5. The topological polar surface area (TPSA) is 54.9 Å². The van der Waals surface area contributed by atoms with E-state index in [9.17, 15) is 4.79 Å². The van der Waals surface area contributed by atoms with Crippen molar-refractivity contribution in [1.29, 1.82) is 0 Å². The first-order valence-corrected chi connectivity index (χ1v) is 9.58. The molecule has 0 N–H and O–H groups in total. The Morgan fingerprint density at radius 1 is 1.15 bits per heavy atom. The highest BCUT2D eigenvalue weighted by Gasteiger charge is 2.23. The number of carbonyl (C=O) groups is 1. The second-order valence-electron chi connectivity index (χ2n) is 6.96. The van der Waals surface area contributed by atoms with E-state index in [-0.39, 0.29) is 12.0 Å². The molecule has 6 heteroatoms. The van der Waals surface area contributed by atoms with E-state index in [0.717, 1.165) is 44.0 Å². The minimum absolute atomic E-state index is 0.0620. The number of pyridine rings is 1. The Hall–Kier alpha value is -2.60. The molecule has 1 aromatic heterocycles. The van der Waals surface area contributed by atoms with Gasteiger partial charge in [0.15, 0.2) is 0 Å². The van der Waals surface area contributed by atoms with Crippen LogP contribution in [0.25, 0.3) is 0 Å². The Bertz CT molecular complexity index is 754. The van der Waals surface area contributed by atoms with Gasteiger partial charge >= 0.3 is 0 Å². The third-order valence-corrected chi connectivity index (χ3v) is 5.14. The van der Waals surface area contributed by atoms with Crippen LogP contribution in [0, 0.1) is 0 Å². The first-order chi connectivity index (χ1) is 13.3. The Morgan fingerprint density at radius 2 is 1.96 bits per heavy atom. The van der Waals surface area contributed by atoms with Gasteiger partial charge in [-0.15, -0.1) is 0 Å². The zero-order valence-electron chi connectivity index (χ0n) is 15.4. The summed E-state index contributed by atoms with van der Waals surface area (Å²) in [6.07, 6.45) is 5.91. The van der Waals surface area contributed by atoms with Crippen LogP contribution >= 0.6 is 0 Å². The molecule has 1 amide bonds. The SMILES string of the molecule is O=C(c1cccc(OCC2CCCO2)c1)N1CCN(c2ccncc2)CC1. The molecule has 2 aliphatic rings. The number of aromatic nitrogens is 1. The molecule has 0 bridgehead atoms. The molecule has 0 radical (unpaired) electrons. The van der Waals surface area contributed by atoms with E-state index in [0.29, 0.717) is 25.3 Å². The van der Waals surface area contributed by atoms with Crippen LogP contribution < -0.4 is 9.64 Å². The van der Waals surface area contributed by atoms with Crippen molar-refractivity contribution in [2.45, 2.75) is 18.9 Å². The lowest BCUT2D eigenvalue weighted by atomic mass is 10.1. The van der Waals surface area contributed by atoms with Gasteiger partial charge in [0.25, 0.3) is 5.91 Å². The highest BCUT2D eigenvalue weighted by atomic mass is 16.5. The predicted molar refractivity (Wildman–Crippen MR) is 103 cm³/mol. The molecular weight excluding hydrogens is 342 g/mol. The molecule has 0 spiro atoms. The summed E-state index contributed by atoms with van der Waals surface area (Å²) in [5.74, 6) is 0.790. The number of amides is 1. The second kappa shape index (κ2) is 8.39. The number of hydrogen-bond acceptors (Lipinski definition) is 5. The number of anilines is 1. The van der Waals surface area contributed by atoms with Crippen LogP contribution in [0.3, 0.4) is 0 Å². The highest BCUT2D eigenvalue weighted by Crippen LogP contribution is 2.20. The van der Waals surface area contributed by atoms with Crippen LogP contribution in [0.5, 0.6) is 5.75 Å². The molecule has 4 rings (SSSR count). The summed E-state index contributed by atoms with van der Waals surface area (Å²) in [6.45, 7) is 4.43. The smallest absolute Gasteiger partial charge is 0.254 e. The molecule has 2 aliphatic heterocycles. The van der Waals surface area contributed by atoms with Gasteiger partial charge in [0.2, 0.25) is 0 Å². The Kier molecular flexibility index (Phi) is 5.53. The fraction of sp³-hybridized carbons (Fsp3) is 0.429. The van der Waals surface area contributed by atoms with Crippen LogP contribution in [0.1, 0.15) is 23.2 Å². The van der Waals surface area contributed by atoms with Gasteiger partial charge in [0.1, 0.15) is 12.4 Å². The third-order valence-electron chi connectivity index (χ3n) is 5.14. The average Bonchev–Trinajstić information content (AvgIpc) is 3.26. The number of ether oxygens (including phenoxy) is 2. The van der Waals surface area contributed by atoms with E-state index >= 15 is 0 Å². The van der Waals surface area contributed by atoms with E-state index in [1.54, 1.807) is 12.4 Å². The van der Waals surface area contributed by atoms with Crippen LogP contribution in [0.15, 0.2) is 48.8 Å². The summed E-state index contributed by atoms with van der Waals surface area (Å²) < 4.78 is 11.4. The summed E-state index contributed by atoms with van der Waals surface area (Å²) in [6, 6.07) is 11.5. The maximum atomic E-state index is 12.9. The zero-order valence-corrected chi connectivity index (χ0v) is 15.4. The summed E-state index contributed by atoms with van der Waals surface area (Å²) in [5.41, 5.74) is 1.83. The lowest BCUT2D eigenvalue weighted by Crippen LogP contribution is -2.48. The number of nitrogens with zero attached hydrogens (tertiary/aromatic N) is 3. The van der Waals surface area contributed by atoms with Crippen molar-refractivity contribution in [3.05, 3.63) is 54.4 Å². The molecule has 142 valence electrons. The van der Waals surface area contributed by atoms with Crippen molar-refractivity contribution in [3.8, 4) is 5.75 Å². The van der Waals surface area contributed by atoms with Crippen LogP contribution in [-0.4, -0.2) is 61.3 Å². The Balaban J connectivity index is 1.33. The fourth-order valence-electron chi connectivity index (χ4n) is 3.59. The summed E-state index contributed by atoms with van der Waals surface area (Å²) in [4.78, 5) is 21.1. The van der Waals surface area contributed by atoms with Crippen molar-refractivity contribution >= 4 is 11.6 Å². The molecular formula is C21H25N3O3. The summed E-state index contributed by atoms with van der Waals surface area (Å²) in [5, 5.41) is 0. The van der Waals surface area contributed by atoms with Crippen LogP contribution in [-0.2, 0) is 4.74 Å². The minimum atomic E-state index is 0.0620. The van der Waals surface area contributed by atoms with Crippen molar-refractivity contribution in [1.82, 2.24) is 9.88 Å². The van der Waals surface area contributed by atoms with Gasteiger partial charge in [-0.05, 0) is 43.2 Å². The van der Waals surface area contributed by atoms with E-state index in [4.69, 9.17) is 9.47 Å². The third kappa shape index (κ3) is 4.39. The average molecular weight is 367 g/mol. The quantitative estimate of drug-likeness (QED) is 0.813. The van der Waals surface area contributed by atoms with E-state index < -0.39 is 0 Å². The normalized spacial score (nSPS) is 19.9. The lowest BCUT2D eigenvalue weighted by molar-refractivity contribution is 0.0677. The van der Waals surface area contributed by atoms with Gasteiger partial charge in [0.05, 0.1) is 6.10 Å². The molecule has 1 atom stereocenters. The lowest BCUT2D eigenvalue weighted by Gasteiger charge is -2.36. The van der Waals surface area contributed by atoms with Crippen molar-refractivity contribution in [2.24, 2.45) is 0 Å². The number of carbonyl (C=O) groups excluding carboxylic acids is 1. The largest absolute Gasteiger partial charge is 0.491 e. The molecule has 3 heterocycles. The van der Waals surface area contributed by atoms with E-state index in [2.05, 4.69) is 9.88 Å².